The fraction of sp³-hybridized carbons (Fsp3) is 0.367. The minimum Gasteiger partial charge on any atom is -0.401 e. The summed E-state index contributed by atoms with van der Waals surface area (Å²) in [6.07, 6.45) is 3.08. The molecule has 206 valence electrons. The summed E-state index contributed by atoms with van der Waals surface area (Å²) in [5.74, 6) is 4.33. The molecular weight excluding hydrogens is 500 g/mol. The van der Waals surface area contributed by atoms with Crippen molar-refractivity contribution in [1.82, 2.24) is 14.6 Å². The first-order valence-electron chi connectivity index (χ1n) is 13.1. The zero-order valence-electron chi connectivity index (χ0n) is 22.7. The van der Waals surface area contributed by atoms with Crippen LogP contribution >= 0.6 is 0 Å². The highest BCUT2D eigenvalue weighted by Crippen LogP contribution is 2.42. The summed E-state index contributed by atoms with van der Waals surface area (Å²) in [5, 5.41) is 13.1. The van der Waals surface area contributed by atoms with Gasteiger partial charge in [0.2, 0.25) is 0 Å². The number of aromatic nitrogens is 2. The van der Waals surface area contributed by atoms with E-state index in [0.29, 0.717) is 54.1 Å². The number of hydrazine groups is 1. The van der Waals surface area contributed by atoms with Gasteiger partial charge in [-0.1, -0.05) is 24.3 Å². The average molecular weight is 536 g/mol. The monoisotopic (exact) mass is 535 g/mol. The van der Waals surface area contributed by atoms with Crippen molar-refractivity contribution in [2.75, 3.05) is 20.3 Å². The van der Waals surface area contributed by atoms with Gasteiger partial charge in [0, 0.05) is 48.7 Å². The fourth-order valence-electron chi connectivity index (χ4n) is 5.81. The molecule has 4 aromatic rings. The van der Waals surface area contributed by atoms with Gasteiger partial charge in [-0.2, -0.15) is 0 Å². The third-order valence-electron chi connectivity index (χ3n) is 7.64. The molecule has 0 bridgehead atoms. The number of ether oxygens (including phenoxy) is 1. The maximum atomic E-state index is 15.6. The van der Waals surface area contributed by atoms with Crippen molar-refractivity contribution in [2.24, 2.45) is 17.5 Å². The molecule has 0 saturated carbocycles. The van der Waals surface area contributed by atoms with Crippen molar-refractivity contribution in [1.29, 1.82) is 0 Å². The quantitative estimate of drug-likeness (QED) is 0.233. The molecule has 5 rings (SSSR count). The van der Waals surface area contributed by atoms with E-state index in [9.17, 15) is 9.50 Å². The van der Waals surface area contributed by atoms with Gasteiger partial charge in [0.05, 0.1) is 33.9 Å². The molecule has 1 aliphatic rings. The summed E-state index contributed by atoms with van der Waals surface area (Å²) >= 11 is 0. The van der Waals surface area contributed by atoms with Crippen LogP contribution in [0.25, 0.3) is 27.6 Å². The number of allylic oxidation sites excluding steroid dienone is 1. The SMILES string of the molecule is C/C(N)=C(\c1cnc2c3ccc(C(C)(C)O)cc3n(C(c3cccc(F)c3F)C3CCOCC3)c2c1)N(C)N. The Morgan fingerprint density at radius 2 is 1.87 bits per heavy atom. The van der Waals surface area contributed by atoms with E-state index in [-0.39, 0.29) is 11.5 Å². The molecule has 5 N–H and O–H groups in total. The minimum absolute atomic E-state index is 0.0354. The Hall–Kier alpha value is -3.53. The highest BCUT2D eigenvalue weighted by molar-refractivity contribution is 6.06. The molecule has 1 saturated heterocycles. The molecule has 2 aromatic heterocycles. The number of nitrogens with two attached hydrogens (primary N) is 2. The maximum Gasteiger partial charge on any atom is 0.164 e. The number of hydrogen-bond donors (Lipinski definition) is 3. The summed E-state index contributed by atoms with van der Waals surface area (Å²) in [6.45, 7) is 6.27. The van der Waals surface area contributed by atoms with Gasteiger partial charge >= 0.3 is 0 Å². The lowest BCUT2D eigenvalue weighted by Gasteiger charge is -2.33. The lowest BCUT2D eigenvalue weighted by atomic mass is 9.86. The zero-order valence-corrected chi connectivity index (χ0v) is 22.7. The molecule has 2 aromatic carbocycles. The van der Waals surface area contributed by atoms with Crippen LogP contribution in [-0.2, 0) is 10.3 Å². The van der Waals surface area contributed by atoms with E-state index < -0.39 is 23.3 Å². The number of hydrogen-bond acceptors (Lipinski definition) is 6. The molecule has 0 radical (unpaired) electrons. The Labute approximate surface area is 226 Å². The molecule has 0 amide bonds. The van der Waals surface area contributed by atoms with Crippen molar-refractivity contribution in [2.45, 2.75) is 45.3 Å². The van der Waals surface area contributed by atoms with Crippen molar-refractivity contribution in [3.63, 3.8) is 0 Å². The van der Waals surface area contributed by atoms with E-state index in [0.717, 1.165) is 22.5 Å². The summed E-state index contributed by atoms with van der Waals surface area (Å²) < 4.78 is 37.9. The van der Waals surface area contributed by atoms with E-state index >= 15 is 4.39 Å². The molecule has 7 nitrogen and oxygen atoms in total. The van der Waals surface area contributed by atoms with Gasteiger partial charge in [0.1, 0.15) is 0 Å². The Bertz CT molecular complexity index is 1560. The third-order valence-corrected chi connectivity index (χ3v) is 7.64. The van der Waals surface area contributed by atoms with Gasteiger partial charge in [-0.25, -0.2) is 14.6 Å². The lowest BCUT2D eigenvalue weighted by Crippen LogP contribution is -2.28. The topological polar surface area (TPSA) is 103 Å². The van der Waals surface area contributed by atoms with Gasteiger partial charge in [-0.15, -0.1) is 0 Å². The second-order valence-corrected chi connectivity index (χ2v) is 10.9. The highest BCUT2D eigenvalue weighted by Gasteiger charge is 2.33. The van der Waals surface area contributed by atoms with E-state index in [4.69, 9.17) is 21.3 Å². The van der Waals surface area contributed by atoms with Crippen LogP contribution in [0.2, 0.25) is 0 Å². The van der Waals surface area contributed by atoms with E-state index in [2.05, 4.69) is 0 Å². The first kappa shape index (κ1) is 27.1. The molecular formula is C30H35F2N5O2. The minimum atomic E-state index is -1.11. The number of rotatable bonds is 6. The largest absolute Gasteiger partial charge is 0.401 e. The Morgan fingerprint density at radius 1 is 1.15 bits per heavy atom. The number of benzene rings is 2. The van der Waals surface area contributed by atoms with Crippen LogP contribution in [0, 0.1) is 17.6 Å². The molecule has 0 aliphatic carbocycles. The Balaban J connectivity index is 1.91. The summed E-state index contributed by atoms with van der Waals surface area (Å²) in [4.78, 5) is 4.82. The average Bonchev–Trinajstić information content (AvgIpc) is 3.19. The van der Waals surface area contributed by atoms with Gasteiger partial charge in [0.25, 0.3) is 0 Å². The summed E-state index contributed by atoms with van der Waals surface area (Å²) in [7, 11) is 1.70. The first-order chi connectivity index (χ1) is 18.5. The number of pyridine rings is 1. The van der Waals surface area contributed by atoms with E-state index in [1.54, 1.807) is 46.1 Å². The lowest BCUT2D eigenvalue weighted by molar-refractivity contribution is 0.0547. The van der Waals surface area contributed by atoms with Crippen LogP contribution in [0.5, 0.6) is 0 Å². The predicted molar refractivity (Wildman–Crippen MR) is 149 cm³/mol. The standard InChI is InChI=1S/C30H35F2N5O2/c1-17(33)28(36(4)34)19-14-25-27(35-16-19)21-9-8-20(30(2,3)38)15-24(21)37(25)29(18-10-12-39-13-11-18)22-6-5-7-23(31)26(22)32/h5-9,14-16,18,29,38H,10-13,33-34H2,1-4H3/b28-17-. The zero-order chi connectivity index (χ0) is 28.1. The van der Waals surface area contributed by atoms with Crippen molar-refractivity contribution in [3.05, 3.63) is 82.7 Å². The Kier molecular flexibility index (Phi) is 7.09. The van der Waals surface area contributed by atoms with Crippen LogP contribution in [0.15, 0.2) is 54.4 Å². The Morgan fingerprint density at radius 3 is 2.51 bits per heavy atom. The van der Waals surface area contributed by atoms with Crippen molar-refractivity contribution >= 4 is 27.6 Å². The van der Waals surface area contributed by atoms with Gasteiger partial charge < -0.3 is 25.2 Å². The molecule has 1 unspecified atom stereocenters. The van der Waals surface area contributed by atoms with E-state index in [1.165, 1.54) is 5.01 Å². The second-order valence-electron chi connectivity index (χ2n) is 10.9. The van der Waals surface area contributed by atoms with Gasteiger partial charge in [0.15, 0.2) is 11.6 Å². The summed E-state index contributed by atoms with van der Waals surface area (Å²) in [6, 6.07) is 11.4. The van der Waals surface area contributed by atoms with E-state index in [1.807, 2.05) is 28.8 Å². The fourth-order valence-corrected chi connectivity index (χ4v) is 5.81. The number of fused-ring (bicyclic) bond motifs is 3. The first-order valence-corrected chi connectivity index (χ1v) is 13.1. The molecule has 3 heterocycles. The molecule has 0 spiro atoms. The van der Waals surface area contributed by atoms with Crippen molar-refractivity contribution < 1.29 is 18.6 Å². The molecule has 1 fully saturated rings. The molecule has 39 heavy (non-hydrogen) atoms. The highest BCUT2D eigenvalue weighted by atomic mass is 19.2. The molecule has 1 atom stereocenters. The second kappa shape index (κ2) is 10.2. The van der Waals surface area contributed by atoms with Crippen LogP contribution in [-0.4, -0.2) is 39.9 Å². The summed E-state index contributed by atoms with van der Waals surface area (Å²) in [5.41, 5.74) is 10.1. The van der Waals surface area contributed by atoms with Crippen LogP contribution in [0.4, 0.5) is 8.78 Å². The normalized spacial score (nSPS) is 16.5. The van der Waals surface area contributed by atoms with Gasteiger partial charge in [-0.3, -0.25) is 4.98 Å². The van der Waals surface area contributed by atoms with Gasteiger partial charge in [-0.05, 0) is 63.3 Å². The van der Waals surface area contributed by atoms with Crippen LogP contribution in [0.3, 0.4) is 0 Å². The molecule has 1 aliphatic heterocycles. The van der Waals surface area contributed by atoms with Crippen molar-refractivity contribution in [3.8, 4) is 0 Å². The van der Waals surface area contributed by atoms with Crippen LogP contribution < -0.4 is 11.6 Å². The predicted octanol–water partition coefficient (Wildman–Crippen LogP) is 5.16. The number of nitrogens with zero attached hydrogens (tertiary/aromatic N) is 3. The number of aliphatic hydroxyl groups is 1. The maximum absolute atomic E-state index is 15.6. The third kappa shape index (κ3) is 4.86. The number of halogens is 2. The smallest absolute Gasteiger partial charge is 0.164 e. The van der Waals surface area contributed by atoms with Crippen LogP contribution in [0.1, 0.15) is 56.3 Å². The molecule has 9 heteroatoms.